The van der Waals surface area contributed by atoms with Crippen LogP contribution in [0.25, 0.3) is 0 Å². The van der Waals surface area contributed by atoms with Crippen molar-refractivity contribution in [3.63, 3.8) is 0 Å². The van der Waals surface area contributed by atoms with Gasteiger partial charge in [0.05, 0.1) is 5.60 Å². The zero-order valence-corrected chi connectivity index (χ0v) is 17.3. The second-order valence-corrected chi connectivity index (χ2v) is 9.01. The maximum absolute atomic E-state index is 10.6. The van der Waals surface area contributed by atoms with Gasteiger partial charge in [-0.15, -0.1) is 0 Å². The molecule has 0 radical (unpaired) electrons. The Morgan fingerprint density at radius 1 is 1.16 bits per heavy atom. The number of hydrogen-bond donors (Lipinski definition) is 3. The van der Waals surface area contributed by atoms with E-state index in [0.717, 1.165) is 43.2 Å². The molecule has 1 aromatic rings. The lowest BCUT2D eigenvalue weighted by atomic mass is 9.69. The standard InChI is InChI=1S/C21H31BrO3/c1-5-6-7-8-14-10-18(23)20(19(24)11-14)15-9-13(2)17(22)12-16(15)21(3,4)25/h9-11,15-17,23-25H,5-8,12H2,1-4H3. The number of benzene rings is 1. The Labute approximate surface area is 159 Å². The van der Waals surface area contributed by atoms with Crippen LogP contribution in [0.15, 0.2) is 23.8 Å². The number of alkyl halides is 1. The van der Waals surface area contributed by atoms with E-state index in [9.17, 15) is 15.3 Å². The van der Waals surface area contributed by atoms with Gasteiger partial charge in [0.25, 0.3) is 0 Å². The second kappa shape index (κ2) is 8.13. The molecule has 1 aliphatic carbocycles. The summed E-state index contributed by atoms with van der Waals surface area (Å²) in [7, 11) is 0. The maximum atomic E-state index is 10.6. The molecule has 0 aliphatic heterocycles. The first-order valence-electron chi connectivity index (χ1n) is 9.24. The molecular weight excluding hydrogens is 380 g/mol. The van der Waals surface area contributed by atoms with E-state index in [1.54, 1.807) is 26.0 Å². The average Bonchev–Trinajstić information content (AvgIpc) is 2.49. The van der Waals surface area contributed by atoms with Crippen LogP contribution >= 0.6 is 15.9 Å². The minimum absolute atomic E-state index is 0.0942. The Morgan fingerprint density at radius 3 is 2.28 bits per heavy atom. The molecule has 3 unspecified atom stereocenters. The third kappa shape index (κ3) is 4.79. The number of phenols is 2. The first-order valence-corrected chi connectivity index (χ1v) is 10.2. The molecule has 0 fully saturated rings. The first kappa shape index (κ1) is 20.3. The third-order valence-corrected chi connectivity index (χ3v) is 6.43. The van der Waals surface area contributed by atoms with Crippen molar-refractivity contribution in [3.8, 4) is 11.5 Å². The van der Waals surface area contributed by atoms with Gasteiger partial charge >= 0.3 is 0 Å². The van der Waals surface area contributed by atoms with Gasteiger partial charge in [0.2, 0.25) is 0 Å². The zero-order chi connectivity index (χ0) is 18.8. The first-order chi connectivity index (χ1) is 11.6. The topological polar surface area (TPSA) is 60.7 Å². The lowest BCUT2D eigenvalue weighted by Gasteiger charge is -2.40. The van der Waals surface area contributed by atoms with E-state index in [1.165, 1.54) is 0 Å². The van der Waals surface area contributed by atoms with Crippen LogP contribution in [0, 0.1) is 5.92 Å². The van der Waals surface area contributed by atoms with E-state index < -0.39 is 5.60 Å². The monoisotopic (exact) mass is 410 g/mol. The van der Waals surface area contributed by atoms with Crippen molar-refractivity contribution in [1.29, 1.82) is 0 Å². The highest BCUT2D eigenvalue weighted by Crippen LogP contribution is 2.49. The molecule has 1 aliphatic rings. The van der Waals surface area contributed by atoms with Gasteiger partial charge < -0.3 is 15.3 Å². The van der Waals surface area contributed by atoms with Crippen molar-refractivity contribution in [2.75, 3.05) is 0 Å². The maximum Gasteiger partial charge on any atom is 0.123 e. The van der Waals surface area contributed by atoms with Gasteiger partial charge in [0.15, 0.2) is 0 Å². The summed E-state index contributed by atoms with van der Waals surface area (Å²) in [6.07, 6.45) is 7.01. The SMILES string of the molecule is CCCCCc1cc(O)c(C2C=C(C)C(Br)CC2C(C)(C)O)c(O)c1. The van der Waals surface area contributed by atoms with Gasteiger partial charge in [0.1, 0.15) is 11.5 Å². The fraction of sp³-hybridized carbons (Fsp3) is 0.619. The Hall–Kier alpha value is -1.00. The van der Waals surface area contributed by atoms with Gasteiger partial charge in [-0.25, -0.2) is 0 Å². The molecule has 0 heterocycles. The van der Waals surface area contributed by atoms with Gasteiger partial charge in [-0.2, -0.15) is 0 Å². The van der Waals surface area contributed by atoms with Crippen molar-refractivity contribution in [2.24, 2.45) is 5.92 Å². The fourth-order valence-corrected chi connectivity index (χ4v) is 4.37. The largest absolute Gasteiger partial charge is 0.507 e. The predicted molar refractivity (Wildman–Crippen MR) is 107 cm³/mol. The summed E-state index contributed by atoms with van der Waals surface area (Å²) in [5.74, 6) is -0.0487. The number of aliphatic hydroxyl groups is 1. The lowest BCUT2D eigenvalue weighted by Crippen LogP contribution is -2.39. The van der Waals surface area contributed by atoms with Crippen molar-refractivity contribution >= 4 is 15.9 Å². The average molecular weight is 411 g/mol. The molecule has 0 aromatic heterocycles. The van der Waals surface area contributed by atoms with Gasteiger partial charge in [-0.05, 0) is 63.6 Å². The Kier molecular flexibility index (Phi) is 6.61. The molecule has 4 heteroatoms. The van der Waals surface area contributed by atoms with E-state index in [0.29, 0.717) is 5.56 Å². The summed E-state index contributed by atoms with van der Waals surface area (Å²) < 4.78 is 0. The number of phenolic OH excluding ortho intramolecular Hbond substituents is 2. The molecule has 3 nitrogen and oxygen atoms in total. The Bertz CT molecular complexity index is 608. The number of rotatable bonds is 6. The van der Waals surface area contributed by atoms with Crippen molar-refractivity contribution in [3.05, 3.63) is 34.9 Å². The van der Waals surface area contributed by atoms with Crippen LogP contribution in [-0.2, 0) is 6.42 Å². The van der Waals surface area contributed by atoms with E-state index in [2.05, 4.69) is 28.9 Å². The Morgan fingerprint density at radius 2 is 1.76 bits per heavy atom. The van der Waals surface area contributed by atoms with Crippen molar-refractivity contribution in [2.45, 2.75) is 76.1 Å². The van der Waals surface area contributed by atoms with Crippen molar-refractivity contribution in [1.82, 2.24) is 0 Å². The summed E-state index contributed by atoms with van der Waals surface area (Å²) in [6.45, 7) is 7.79. The third-order valence-electron chi connectivity index (χ3n) is 5.34. The molecule has 0 saturated heterocycles. The summed E-state index contributed by atoms with van der Waals surface area (Å²) in [4.78, 5) is 0.206. The molecule has 3 N–H and O–H groups in total. The van der Waals surface area contributed by atoms with Crippen LogP contribution in [0.4, 0.5) is 0 Å². The van der Waals surface area contributed by atoms with E-state index in [4.69, 9.17) is 0 Å². The summed E-state index contributed by atoms with van der Waals surface area (Å²) in [5, 5.41) is 31.9. The van der Waals surface area contributed by atoms with E-state index in [1.807, 2.05) is 6.92 Å². The molecule has 3 atom stereocenters. The molecular formula is C21H31BrO3. The van der Waals surface area contributed by atoms with Gasteiger partial charge in [0, 0.05) is 16.3 Å². The normalized spacial score (nSPS) is 24.2. The predicted octanol–water partition coefficient (Wildman–Crippen LogP) is 5.41. The van der Waals surface area contributed by atoms with Crippen LogP contribution < -0.4 is 0 Å². The highest BCUT2D eigenvalue weighted by molar-refractivity contribution is 9.09. The zero-order valence-electron chi connectivity index (χ0n) is 15.7. The number of unbranched alkanes of at least 4 members (excludes halogenated alkanes) is 2. The van der Waals surface area contributed by atoms with E-state index in [-0.39, 0.29) is 28.2 Å². The van der Waals surface area contributed by atoms with Crippen LogP contribution in [0.1, 0.15) is 70.4 Å². The quantitative estimate of drug-likeness (QED) is 0.333. The van der Waals surface area contributed by atoms with Gasteiger partial charge in [-0.3, -0.25) is 0 Å². The van der Waals surface area contributed by atoms with E-state index >= 15 is 0 Å². The summed E-state index contributed by atoms with van der Waals surface area (Å²) in [6, 6.07) is 3.55. The molecule has 0 saturated carbocycles. The highest BCUT2D eigenvalue weighted by atomic mass is 79.9. The molecule has 1 aromatic carbocycles. The molecule has 25 heavy (non-hydrogen) atoms. The highest BCUT2D eigenvalue weighted by Gasteiger charge is 2.40. The summed E-state index contributed by atoms with van der Waals surface area (Å²) in [5.41, 5.74) is 1.75. The molecule has 0 bridgehead atoms. The molecule has 140 valence electrons. The summed E-state index contributed by atoms with van der Waals surface area (Å²) >= 11 is 3.67. The number of halogens is 1. The van der Waals surface area contributed by atoms with Crippen molar-refractivity contribution < 1.29 is 15.3 Å². The molecule has 0 spiro atoms. The fourth-order valence-electron chi connectivity index (χ4n) is 3.82. The van der Waals surface area contributed by atoms with Crippen LogP contribution in [0.2, 0.25) is 0 Å². The minimum Gasteiger partial charge on any atom is -0.507 e. The van der Waals surface area contributed by atoms with Crippen LogP contribution in [-0.4, -0.2) is 25.7 Å². The number of hydrogen-bond acceptors (Lipinski definition) is 3. The molecule has 0 amide bonds. The number of allylic oxidation sites excluding steroid dienone is 2. The van der Waals surface area contributed by atoms with Crippen LogP contribution in [0.3, 0.4) is 0 Å². The minimum atomic E-state index is -0.910. The number of aryl methyl sites for hydroxylation is 1. The number of aromatic hydroxyl groups is 2. The smallest absolute Gasteiger partial charge is 0.123 e. The molecule has 2 rings (SSSR count). The second-order valence-electron chi connectivity index (χ2n) is 7.90. The van der Waals surface area contributed by atoms with Gasteiger partial charge in [-0.1, -0.05) is 47.3 Å². The van der Waals surface area contributed by atoms with Crippen LogP contribution in [0.5, 0.6) is 11.5 Å². The Balaban J connectivity index is 2.40. The lowest BCUT2D eigenvalue weighted by molar-refractivity contribution is 0.00511.